The minimum Gasteiger partial charge on any atom is -0.360 e. The van der Waals surface area contributed by atoms with Crippen LogP contribution in [0.5, 0.6) is 0 Å². The Balaban J connectivity index is 0.00000161. The van der Waals surface area contributed by atoms with Crippen LogP contribution < -0.4 is 5.73 Å². The molecule has 0 saturated heterocycles. The van der Waals surface area contributed by atoms with Gasteiger partial charge in [0.2, 0.25) is 0 Å². The summed E-state index contributed by atoms with van der Waals surface area (Å²) in [5, 5.41) is 4.33. The highest BCUT2D eigenvalue weighted by Gasteiger charge is 2.09. The van der Waals surface area contributed by atoms with Gasteiger partial charge in [-0.1, -0.05) is 29.8 Å². The fourth-order valence-electron chi connectivity index (χ4n) is 2.17. The second kappa shape index (κ2) is 5.40. The van der Waals surface area contributed by atoms with Gasteiger partial charge in [0.05, 0.1) is 25.2 Å². The molecule has 3 rings (SSSR count). The summed E-state index contributed by atoms with van der Waals surface area (Å²) in [4.78, 5) is 4.60. The van der Waals surface area contributed by atoms with Crippen molar-refractivity contribution >= 4 is 5.65 Å². The van der Waals surface area contributed by atoms with Gasteiger partial charge in [-0.15, -0.1) is 0 Å². The van der Waals surface area contributed by atoms with Gasteiger partial charge in [-0.3, -0.25) is 0 Å². The van der Waals surface area contributed by atoms with E-state index in [1.807, 2.05) is 24.5 Å². The van der Waals surface area contributed by atoms with Crippen molar-refractivity contribution in [3.63, 3.8) is 0 Å². The van der Waals surface area contributed by atoms with Gasteiger partial charge in [-0.2, -0.15) is 5.10 Å². The highest BCUT2D eigenvalue weighted by atomic mass is 16.5. The molecule has 5 heteroatoms. The third-order valence-electron chi connectivity index (χ3n) is 3.12. The standard InChI is InChI=1S/C15H16N4O.H2/c1-11-3-2-4-12(7-11)14-8-17-19-6-5-13(9-20-10-16)18-15(14)19;/h2-8H,9-10,16H2,1H3;1H. The van der Waals surface area contributed by atoms with Gasteiger partial charge in [0.1, 0.15) is 0 Å². The predicted octanol–water partition coefficient (Wildman–Crippen LogP) is 2.38. The van der Waals surface area contributed by atoms with E-state index in [0.29, 0.717) is 6.61 Å². The highest BCUT2D eigenvalue weighted by Crippen LogP contribution is 2.24. The average Bonchev–Trinajstić information content (AvgIpc) is 2.88. The van der Waals surface area contributed by atoms with Crippen LogP contribution in [-0.4, -0.2) is 21.3 Å². The minimum atomic E-state index is 0. The van der Waals surface area contributed by atoms with Crippen molar-refractivity contribution in [2.75, 3.05) is 6.73 Å². The molecule has 0 unspecified atom stereocenters. The topological polar surface area (TPSA) is 65.4 Å². The third-order valence-corrected chi connectivity index (χ3v) is 3.12. The van der Waals surface area contributed by atoms with Crippen LogP contribution in [0.1, 0.15) is 12.7 Å². The monoisotopic (exact) mass is 270 g/mol. The second-order valence-electron chi connectivity index (χ2n) is 4.63. The van der Waals surface area contributed by atoms with E-state index in [9.17, 15) is 0 Å². The summed E-state index contributed by atoms with van der Waals surface area (Å²) in [6.07, 6.45) is 3.72. The van der Waals surface area contributed by atoms with Gasteiger partial charge in [0.25, 0.3) is 0 Å². The maximum absolute atomic E-state index is 5.34. The molecule has 0 atom stereocenters. The molecule has 0 fully saturated rings. The fourth-order valence-corrected chi connectivity index (χ4v) is 2.17. The van der Waals surface area contributed by atoms with Gasteiger partial charge in [-0.25, -0.2) is 9.50 Å². The van der Waals surface area contributed by atoms with Crippen molar-refractivity contribution in [3.8, 4) is 11.1 Å². The predicted molar refractivity (Wildman–Crippen MR) is 79.1 cm³/mol. The van der Waals surface area contributed by atoms with Crippen molar-refractivity contribution in [3.05, 3.63) is 54.0 Å². The van der Waals surface area contributed by atoms with E-state index < -0.39 is 0 Å². The lowest BCUT2D eigenvalue weighted by molar-refractivity contribution is 0.125. The number of nitrogens with zero attached hydrogens (tertiary/aromatic N) is 3. The Bertz CT molecular complexity index is 741. The van der Waals surface area contributed by atoms with Crippen molar-refractivity contribution in [1.82, 2.24) is 14.6 Å². The number of nitrogens with two attached hydrogens (primary N) is 1. The Hall–Kier alpha value is -2.24. The normalized spacial score (nSPS) is 11.1. The number of aromatic nitrogens is 3. The number of hydrogen-bond donors (Lipinski definition) is 1. The van der Waals surface area contributed by atoms with Gasteiger partial charge in [0.15, 0.2) is 5.65 Å². The minimum absolute atomic E-state index is 0. The van der Waals surface area contributed by atoms with Crippen LogP contribution in [0.2, 0.25) is 0 Å². The molecule has 2 N–H and O–H groups in total. The lowest BCUT2D eigenvalue weighted by Crippen LogP contribution is -2.06. The zero-order valence-corrected chi connectivity index (χ0v) is 11.3. The fraction of sp³-hybridized carbons (Fsp3) is 0.200. The third kappa shape index (κ3) is 2.41. The van der Waals surface area contributed by atoms with E-state index in [0.717, 1.165) is 22.5 Å². The smallest absolute Gasteiger partial charge is 0.163 e. The van der Waals surface area contributed by atoms with Gasteiger partial charge >= 0.3 is 0 Å². The molecule has 0 bridgehead atoms. The summed E-state index contributed by atoms with van der Waals surface area (Å²) in [5.74, 6) is 0. The van der Waals surface area contributed by atoms with E-state index in [4.69, 9.17) is 10.5 Å². The number of rotatable bonds is 4. The maximum Gasteiger partial charge on any atom is 0.163 e. The average molecular weight is 270 g/mol. The first-order valence-corrected chi connectivity index (χ1v) is 6.46. The molecule has 3 aromatic rings. The summed E-state index contributed by atoms with van der Waals surface area (Å²) in [6, 6.07) is 10.2. The molecule has 0 aliphatic carbocycles. The zero-order valence-electron chi connectivity index (χ0n) is 11.3. The molecule has 0 saturated carbocycles. The molecular formula is C15H18N4O. The van der Waals surface area contributed by atoms with Crippen LogP contribution in [0.15, 0.2) is 42.7 Å². The van der Waals surface area contributed by atoms with E-state index in [1.165, 1.54) is 5.56 Å². The number of fused-ring (bicyclic) bond motifs is 1. The van der Waals surface area contributed by atoms with Gasteiger partial charge in [0, 0.05) is 13.2 Å². The first kappa shape index (κ1) is 12.8. The van der Waals surface area contributed by atoms with Crippen LogP contribution in [-0.2, 0) is 11.3 Å². The molecular weight excluding hydrogens is 252 g/mol. The van der Waals surface area contributed by atoms with Crippen molar-refractivity contribution in [2.45, 2.75) is 13.5 Å². The number of aryl methyl sites for hydroxylation is 1. The lowest BCUT2D eigenvalue weighted by Gasteiger charge is -2.03. The van der Waals surface area contributed by atoms with Gasteiger partial charge in [-0.05, 0) is 18.6 Å². The van der Waals surface area contributed by atoms with Gasteiger partial charge < -0.3 is 10.5 Å². The molecule has 2 aromatic heterocycles. The molecule has 5 nitrogen and oxygen atoms in total. The summed E-state index contributed by atoms with van der Waals surface area (Å²) >= 11 is 0. The summed E-state index contributed by atoms with van der Waals surface area (Å²) in [6.45, 7) is 2.67. The molecule has 0 spiro atoms. The Kier molecular flexibility index (Phi) is 3.45. The van der Waals surface area contributed by atoms with Crippen LogP contribution in [0.25, 0.3) is 16.8 Å². The largest absolute Gasteiger partial charge is 0.360 e. The number of benzene rings is 1. The molecule has 0 aliphatic rings. The first-order valence-electron chi connectivity index (χ1n) is 6.46. The summed E-state index contributed by atoms with van der Waals surface area (Å²) in [5.41, 5.74) is 10.4. The van der Waals surface area contributed by atoms with Crippen molar-refractivity contribution < 1.29 is 6.16 Å². The molecule has 0 amide bonds. The Morgan fingerprint density at radius 2 is 2.25 bits per heavy atom. The first-order chi connectivity index (χ1) is 9.78. The Morgan fingerprint density at radius 3 is 3.05 bits per heavy atom. The molecule has 20 heavy (non-hydrogen) atoms. The van der Waals surface area contributed by atoms with E-state index in [-0.39, 0.29) is 8.16 Å². The summed E-state index contributed by atoms with van der Waals surface area (Å²) < 4.78 is 6.96. The van der Waals surface area contributed by atoms with Crippen LogP contribution in [0, 0.1) is 6.92 Å². The molecule has 2 heterocycles. The zero-order chi connectivity index (χ0) is 13.9. The number of ether oxygens (including phenoxy) is 1. The van der Waals surface area contributed by atoms with Crippen LogP contribution >= 0.6 is 0 Å². The van der Waals surface area contributed by atoms with Crippen LogP contribution in [0.3, 0.4) is 0 Å². The molecule has 0 aliphatic heterocycles. The highest BCUT2D eigenvalue weighted by molar-refractivity contribution is 5.77. The molecule has 0 radical (unpaired) electrons. The summed E-state index contributed by atoms with van der Waals surface area (Å²) in [7, 11) is 0. The van der Waals surface area contributed by atoms with Crippen molar-refractivity contribution in [1.29, 1.82) is 0 Å². The van der Waals surface area contributed by atoms with Crippen molar-refractivity contribution in [2.24, 2.45) is 5.73 Å². The maximum atomic E-state index is 5.34. The lowest BCUT2D eigenvalue weighted by atomic mass is 10.1. The Morgan fingerprint density at radius 1 is 1.35 bits per heavy atom. The van der Waals surface area contributed by atoms with Crippen LogP contribution in [0.4, 0.5) is 0 Å². The van der Waals surface area contributed by atoms with E-state index >= 15 is 0 Å². The second-order valence-corrected chi connectivity index (χ2v) is 4.63. The van der Waals surface area contributed by atoms with E-state index in [2.05, 4.69) is 35.2 Å². The quantitative estimate of drug-likeness (QED) is 0.739. The Labute approximate surface area is 118 Å². The molecule has 104 valence electrons. The van der Waals surface area contributed by atoms with E-state index in [1.54, 1.807) is 4.52 Å². The SMILES string of the molecule is Cc1cccc(-c2cnn3ccc(COCN)nc23)c1.[HH]. The number of hydrogen-bond acceptors (Lipinski definition) is 4. The molecule has 1 aromatic carbocycles.